The van der Waals surface area contributed by atoms with E-state index in [9.17, 15) is 29.8 Å². The Kier molecular flexibility index (Phi) is 9.09. The normalized spacial score (nSPS) is 10.3. The zero-order valence-electron chi connectivity index (χ0n) is 16.9. The lowest BCUT2D eigenvalue weighted by Gasteiger charge is -2.06. The maximum absolute atomic E-state index is 12.0. The zero-order valence-corrected chi connectivity index (χ0v) is 16.9. The maximum atomic E-state index is 12.0. The number of carbonyl (C=O) groups is 2. The van der Waals surface area contributed by atoms with Gasteiger partial charge in [-0.1, -0.05) is 31.4 Å². The van der Waals surface area contributed by atoms with Crippen LogP contribution in [0.4, 0.5) is 11.4 Å². The van der Waals surface area contributed by atoms with Gasteiger partial charge in [0.25, 0.3) is 23.2 Å². The topological polar surface area (TPSA) is 144 Å². The third-order valence-electron chi connectivity index (χ3n) is 4.56. The summed E-state index contributed by atoms with van der Waals surface area (Å²) in [6.07, 6.45) is 4.28. The number of nitro benzene ring substituents is 2. The second kappa shape index (κ2) is 12.0. The molecule has 10 nitrogen and oxygen atoms in total. The number of benzene rings is 2. The van der Waals surface area contributed by atoms with Crippen LogP contribution in [0.1, 0.15) is 52.8 Å². The Labute approximate surface area is 179 Å². The Morgan fingerprint density at radius 2 is 1.06 bits per heavy atom. The standard InChI is InChI=1S/C21H24N4O6/c26-20(16-8-6-10-18(14-16)24(28)29)22-12-4-2-1-3-5-13-23-21(27)17-9-7-11-19(15-17)25(30)31/h6-11,14-15H,1-5,12-13H2,(H,22,26)(H,23,27). The highest BCUT2D eigenvalue weighted by molar-refractivity contribution is 5.95. The first-order chi connectivity index (χ1) is 14.9. The van der Waals surface area contributed by atoms with Gasteiger partial charge in [0, 0.05) is 48.5 Å². The van der Waals surface area contributed by atoms with Crippen molar-refractivity contribution < 1.29 is 19.4 Å². The summed E-state index contributed by atoms with van der Waals surface area (Å²) in [6.45, 7) is 0.954. The fraction of sp³-hybridized carbons (Fsp3) is 0.333. The van der Waals surface area contributed by atoms with Crippen LogP contribution in [-0.4, -0.2) is 34.8 Å². The summed E-state index contributed by atoms with van der Waals surface area (Å²) in [5.74, 6) is -0.680. The molecule has 0 heterocycles. The van der Waals surface area contributed by atoms with Gasteiger partial charge in [-0.05, 0) is 25.0 Å². The van der Waals surface area contributed by atoms with Gasteiger partial charge in [0.2, 0.25) is 0 Å². The van der Waals surface area contributed by atoms with E-state index in [1.165, 1.54) is 48.5 Å². The Bertz CT molecular complexity index is 871. The fourth-order valence-corrected chi connectivity index (χ4v) is 2.91. The van der Waals surface area contributed by atoms with Gasteiger partial charge in [-0.25, -0.2) is 0 Å². The highest BCUT2D eigenvalue weighted by Gasteiger charge is 2.12. The smallest absolute Gasteiger partial charge is 0.270 e. The van der Waals surface area contributed by atoms with Crippen LogP contribution in [0, 0.1) is 20.2 Å². The molecule has 0 aromatic heterocycles. The number of rotatable bonds is 12. The molecule has 0 aliphatic heterocycles. The van der Waals surface area contributed by atoms with E-state index in [1.807, 2.05) is 0 Å². The van der Waals surface area contributed by atoms with Crippen LogP contribution in [0.3, 0.4) is 0 Å². The van der Waals surface area contributed by atoms with Crippen LogP contribution >= 0.6 is 0 Å². The van der Waals surface area contributed by atoms with Crippen molar-refractivity contribution in [3.63, 3.8) is 0 Å². The second-order valence-electron chi connectivity index (χ2n) is 6.89. The molecular formula is C21H24N4O6. The summed E-state index contributed by atoms with van der Waals surface area (Å²) in [7, 11) is 0. The molecule has 2 aromatic carbocycles. The Balaban J connectivity index is 1.56. The van der Waals surface area contributed by atoms with Crippen LogP contribution in [-0.2, 0) is 0 Å². The molecule has 0 unspecified atom stereocenters. The van der Waals surface area contributed by atoms with E-state index < -0.39 is 9.85 Å². The van der Waals surface area contributed by atoms with E-state index in [-0.39, 0.29) is 34.3 Å². The van der Waals surface area contributed by atoms with Crippen LogP contribution in [0.2, 0.25) is 0 Å². The van der Waals surface area contributed by atoms with Crippen molar-refractivity contribution in [2.75, 3.05) is 13.1 Å². The number of nitro groups is 2. The number of hydrogen-bond donors (Lipinski definition) is 2. The van der Waals surface area contributed by atoms with Crippen molar-refractivity contribution in [2.45, 2.75) is 32.1 Å². The predicted molar refractivity (Wildman–Crippen MR) is 114 cm³/mol. The van der Waals surface area contributed by atoms with Crippen molar-refractivity contribution in [3.8, 4) is 0 Å². The number of non-ortho nitro benzene ring substituents is 2. The number of nitrogens with zero attached hydrogens (tertiary/aromatic N) is 2. The van der Waals surface area contributed by atoms with Gasteiger partial charge in [0.1, 0.15) is 0 Å². The molecule has 0 atom stereocenters. The molecule has 2 amide bonds. The van der Waals surface area contributed by atoms with E-state index in [2.05, 4.69) is 10.6 Å². The number of nitrogens with one attached hydrogen (secondary N) is 2. The summed E-state index contributed by atoms with van der Waals surface area (Å²) in [6, 6.07) is 11.2. The number of carbonyl (C=O) groups excluding carboxylic acids is 2. The van der Waals surface area contributed by atoms with Crippen molar-refractivity contribution >= 4 is 23.2 Å². The molecule has 2 N–H and O–H groups in total. The molecule has 0 radical (unpaired) electrons. The molecular weight excluding hydrogens is 404 g/mol. The third-order valence-corrected chi connectivity index (χ3v) is 4.56. The van der Waals surface area contributed by atoms with E-state index in [4.69, 9.17) is 0 Å². The summed E-state index contributed by atoms with van der Waals surface area (Å²) in [5.41, 5.74) is 0.276. The lowest BCUT2D eigenvalue weighted by Crippen LogP contribution is -2.24. The monoisotopic (exact) mass is 428 g/mol. The van der Waals surface area contributed by atoms with Gasteiger partial charge in [-0.15, -0.1) is 0 Å². The Morgan fingerprint density at radius 1 is 0.677 bits per heavy atom. The number of unbranched alkanes of at least 4 members (excludes halogenated alkanes) is 4. The van der Waals surface area contributed by atoms with Gasteiger partial charge in [-0.2, -0.15) is 0 Å². The van der Waals surface area contributed by atoms with Gasteiger partial charge in [0.15, 0.2) is 0 Å². The molecule has 10 heteroatoms. The quantitative estimate of drug-likeness (QED) is 0.300. The SMILES string of the molecule is O=C(NCCCCCCCNC(=O)c1cccc([N+](=O)[O-])c1)c1cccc([N+](=O)[O-])c1. The van der Waals surface area contributed by atoms with E-state index >= 15 is 0 Å². The molecule has 2 rings (SSSR count). The lowest BCUT2D eigenvalue weighted by molar-refractivity contribution is -0.385. The van der Waals surface area contributed by atoms with Crippen LogP contribution in [0.25, 0.3) is 0 Å². The molecule has 0 saturated heterocycles. The Morgan fingerprint density at radius 3 is 1.45 bits per heavy atom. The average molecular weight is 428 g/mol. The van der Waals surface area contributed by atoms with E-state index in [0.29, 0.717) is 13.1 Å². The van der Waals surface area contributed by atoms with Crippen molar-refractivity contribution in [2.24, 2.45) is 0 Å². The molecule has 164 valence electrons. The van der Waals surface area contributed by atoms with E-state index in [0.717, 1.165) is 32.1 Å². The summed E-state index contributed by atoms with van der Waals surface area (Å²) in [5, 5.41) is 27.0. The number of amides is 2. The summed E-state index contributed by atoms with van der Waals surface area (Å²) in [4.78, 5) is 44.5. The first kappa shape index (κ1) is 23.5. The highest BCUT2D eigenvalue weighted by atomic mass is 16.6. The minimum atomic E-state index is -0.539. The van der Waals surface area contributed by atoms with Crippen molar-refractivity contribution in [3.05, 3.63) is 79.9 Å². The van der Waals surface area contributed by atoms with Gasteiger partial charge in [-0.3, -0.25) is 29.8 Å². The zero-order chi connectivity index (χ0) is 22.6. The summed E-state index contributed by atoms with van der Waals surface area (Å²) < 4.78 is 0. The fourth-order valence-electron chi connectivity index (χ4n) is 2.91. The number of hydrogen-bond acceptors (Lipinski definition) is 6. The summed E-state index contributed by atoms with van der Waals surface area (Å²) >= 11 is 0. The van der Waals surface area contributed by atoms with Crippen molar-refractivity contribution in [1.82, 2.24) is 10.6 Å². The lowest BCUT2D eigenvalue weighted by atomic mass is 10.1. The molecule has 0 fully saturated rings. The van der Waals surface area contributed by atoms with Gasteiger partial charge >= 0.3 is 0 Å². The molecule has 0 aliphatic rings. The average Bonchev–Trinajstić information content (AvgIpc) is 2.77. The first-order valence-corrected chi connectivity index (χ1v) is 9.94. The van der Waals surface area contributed by atoms with Gasteiger partial charge < -0.3 is 10.6 Å². The largest absolute Gasteiger partial charge is 0.352 e. The minimum Gasteiger partial charge on any atom is -0.352 e. The molecule has 0 bridgehead atoms. The maximum Gasteiger partial charge on any atom is 0.270 e. The molecule has 31 heavy (non-hydrogen) atoms. The van der Waals surface area contributed by atoms with E-state index in [1.54, 1.807) is 0 Å². The Hall–Kier alpha value is -3.82. The molecule has 0 saturated carbocycles. The minimum absolute atomic E-state index is 0.120. The highest BCUT2D eigenvalue weighted by Crippen LogP contribution is 2.14. The van der Waals surface area contributed by atoms with Crippen LogP contribution in [0.5, 0.6) is 0 Å². The molecule has 0 aliphatic carbocycles. The van der Waals surface area contributed by atoms with Gasteiger partial charge in [0.05, 0.1) is 9.85 Å². The predicted octanol–water partition coefficient (Wildman–Crippen LogP) is 3.61. The molecule has 2 aromatic rings. The van der Waals surface area contributed by atoms with Crippen LogP contribution in [0.15, 0.2) is 48.5 Å². The second-order valence-corrected chi connectivity index (χ2v) is 6.89. The molecule has 0 spiro atoms. The third kappa shape index (κ3) is 7.84. The first-order valence-electron chi connectivity index (χ1n) is 9.94. The van der Waals surface area contributed by atoms with Crippen LogP contribution < -0.4 is 10.6 Å². The van der Waals surface area contributed by atoms with Crippen molar-refractivity contribution in [1.29, 1.82) is 0 Å².